The minimum absolute atomic E-state index is 0.127. The smallest absolute Gasteiger partial charge is 0.338 e. The molecule has 3 rings (SSSR count). The number of hydrogen-bond acceptors (Lipinski definition) is 5. The van der Waals surface area contributed by atoms with Crippen molar-refractivity contribution in [1.82, 2.24) is 4.31 Å². The second kappa shape index (κ2) is 8.94. The monoisotopic (exact) mass is 436 g/mol. The van der Waals surface area contributed by atoms with Crippen LogP contribution in [0.5, 0.6) is 0 Å². The maximum atomic E-state index is 12.5. The zero-order valence-corrected chi connectivity index (χ0v) is 17.4. The Balaban J connectivity index is 1.62. The zero-order chi connectivity index (χ0) is 21.0. The lowest BCUT2D eigenvalue weighted by molar-refractivity contribution is -0.123. The van der Waals surface area contributed by atoms with Crippen molar-refractivity contribution in [1.29, 1.82) is 0 Å². The molecule has 0 unspecified atom stereocenters. The van der Waals surface area contributed by atoms with Crippen molar-refractivity contribution in [3.8, 4) is 0 Å². The number of ether oxygens (including phenoxy) is 1. The highest BCUT2D eigenvalue weighted by Gasteiger charge is 2.27. The van der Waals surface area contributed by atoms with Gasteiger partial charge < -0.3 is 10.1 Å². The normalized spacial score (nSPS) is 15.7. The summed E-state index contributed by atoms with van der Waals surface area (Å²) in [4.78, 5) is 24.6. The predicted octanol–water partition coefficient (Wildman–Crippen LogP) is 3.31. The van der Waals surface area contributed by atoms with Crippen molar-refractivity contribution < 1.29 is 22.7 Å². The molecule has 1 saturated heterocycles. The predicted molar refractivity (Wildman–Crippen MR) is 109 cm³/mol. The van der Waals surface area contributed by atoms with E-state index >= 15 is 0 Å². The van der Waals surface area contributed by atoms with E-state index in [1.54, 1.807) is 24.3 Å². The summed E-state index contributed by atoms with van der Waals surface area (Å²) in [6.45, 7) is 2.46. The van der Waals surface area contributed by atoms with Gasteiger partial charge in [-0.3, -0.25) is 4.79 Å². The number of sulfonamides is 1. The van der Waals surface area contributed by atoms with E-state index in [9.17, 15) is 18.0 Å². The summed E-state index contributed by atoms with van der Waals surface area (Å²) in [6, 6.07) is 12.1. The number of nitrogens with zero attached hydrogens (tertiary/aromatic N) is 1. The van der Waals surface area contributed by atoms with Gasteiger partial charge in [0.25, 0.3) is 5.91 Å². The number of carbonyl (C=O) groups is 2. The number of halogens is 1. The van der Waals surface area contributed by atoms with Gasteiger partial charge in [-0.2, -0.15) is 4.31 Å². The van der Waals surface area contributed by atoms with Crippen LogP contribution < -0.4 is 5.32 Å². The van der Waals surface area contributed by atoms with Gasteiger partial charge in [0.15, 0.2) is 6.10 Å². The van der Waals surface area contributed by atoms with Crippen LogP contribution in [0.2, 0.25) is 5.02 Å². The molecule has 1 amide bonds. The number of esters is 1. The molecule has 9 heteroatoms. The number of anilines is 1. The first-order chi connectivity index (χ1) is 13.8. The van der Waals surface area contributed by atoms with Crippen LogP contribution in [0.1, 0.15) is 30.1 Å². The highest BCUT2D eigenvalue weighted by molar-refractivity contribution is 7.89. The Kier molecular flexibility index (Phi) is 6.56. The molecule has 1 atom stereocenters. The van der Waals surface area contributed by atoms with Gasteiger partial charge in [0, 0.05) is 23.8 Å². The lowest BCUT2D eigenvalue weighted by Crippen LogP contribution is -2.30. The zero-order valence-electron chi connectivity index (χ0n) is 15.8. The standard InChI is InChI=1S/C20H21ClN2O5S/c1-14(19(24)22-17-6-4-5-16(21)13-17)28-20(25)15-7-9-18(10-8-15)29(26,27)23-11-2-3-12-23/h4-10,13-14H,2-3,11-12H2,1H3,(H,22,24)/t14-/m0/s1. The fraction of sp³-hybridized carbons (Fsp3) is 0.300. The molecule has 1 N–H and O–H groups in total. The fourth-order valence-corrected chi connectivity index (χ4v) is 4.64. The Morgan fingerprint density at radius 3 is 2.38 bits per heavy atom. The SMILES string of the molecule is C[C@H](OC(=O)c1ccc(S(=O)(=O)N2CCCC2)cc1)C(=O)Nc1cccc(Cl)c1. The molecule has 1 aliphatic heterocycles. The lowest BCUT2D eigenvalue weighted by Gasteiger charge is -2.16. The Morgan fingerprint density at radius 2 is 1.76 bits per heavy atom. The van der Waals surface area contributed by atoms with Crippen molar-refractivity contribution >= 4 is 39.2 Å². The van der Waals surface area contributed by atoms with Crippen LogP contribution in [0.3, 0.4) is 0 Å². The maximum Gasteiger partial charge on any atom is 0.338 e. The largest absolute Gasteiger partial charge is 0.449 e. The van der Waals surface area contributed by atoms with Crippen LogP contribution in [0, 0.1) is 0 Å². The van der Waals surface area contributed by atoms with Crippen LogP contribution >= 0.6 is 11.6 Å². The van der Waals surface area contributed by atoms with Crippen LogP contribution in [0.15, 0.2) is 53.4 Å². The van der Waals surface area contributed by atoms with Gasteiger partial charge in [0.05, 0.1) is 10.5 Å². The molecule has 1 heterocycles. The van der Waals surface area contributed by atoms with Crippen molar-refractivity contribution in [3.63, 3.8) is 0 Å². The second-order valence-corrected chi connectivity index (χ2v) is 9.06. The highest BCUT2D eigenvalue weighted by atomic mass is 35.5. The molecule has 2 aromatic carbocycles. The summed E-state index contributed by atoms with van der Waals surface area (Å²) in [5.41, 5.74) is 0.648. The summed E-state index contributed by atoms with van der Waals surface area (Å²) in [5, 5.41) is 3.08. The van der Waals surface area contributed by atoms with Gasteiger partial charge in [-0.15, -0.1) is 0 Å². The Labute approximate surface area is 174 Å². The third-order valence-corrected chi connectivity index (χ3v) is 6.69. The van der Waals surface area contributed by atoms with Crippen molar-refractivity contribution in [2.24, 2.45) is 0 Å². The van der Waals surface area contributed by atoms with E-state index in [-0.39, 0.29) is 10.5 Å². The van der Waals surface area contributed by atoms with E-state index in [1.807, 2.05) is 0 Å². The van der Waals surface area contributed by atoms with Gasteiger partial charge in [0.1, 0.15) is 0 Å². The van der Waals surface area contributed by atoms with Gasteiger partial charge in [-0.05, 0) is 62.2 Å². The molecule has 0 saturated carbocycles. The first-order valence-corrected chi connectivity index (χ1v) is 11.0. The third kappa shape index (κ3) is 5.14. The van der Waals surface area contributed by atoms with Crippen molar-refractivity contribution in [3.05, 3.63) is 59.1 Å². The molecule has 0 radical (unpaired) electrons. The highest BCUT2D eigenvalue weighted by Crippen LogP contribution is 2.21. The second-order valence-electron chi connectivity index (χ2n) is 6.68. The third-order valence-electron chi connectivity index (χ3n) is 4.54. The van der Waals surface area contributed by atoms with Crippen molar-refractivity contribution in [2.75, 3.05) is 18.4 Å². The van der Waals surface area contributed by atoms with E-state index in [4.69, 9.17) is 16.3 Å². The molecular formula is C20H21ClN2O5S. The minimum atomic E-state index is -3.55. The Morgan fingerprint density at radius 1 is 1.10 bits per heavy atom. The van der Waals surface area contributed by atoms with Crippen LogP contribution in [0.4, 0.5) is 5.69 Å². The number of benzene rings is 2. The summed E-state index contributed by atoms with van der Waals surface area (Å²) in [5.74, 6) is -1.22. The molecular weight excluding hydrogens is 416 g/mol. The van der Waals surface area contributed by atoms with E-state index in [1.165, 1.54) is 35.5 Å². The number of carbonyl (C=O) groups excluding carboxylic acids is 2. The molecule has 0 bridgehead atoms. The van der Waals surface area contributed by atoms with Gasteiger partial charge in [-0.25, -0.2) is 13.2 Å². The molecule has 2 aromatic rings. The average molecular weight is 437 g/mol. The van der Waals surface area contributed by atoms with E-state index < -0.39 is 28.0 Å². The molecule has 1 fully saturated rings. The van der Waals surface area contributed by atoms with E-state index in [2.05, 4.69) is 5.32 Å². The topological polar surface area (TPSA) is 92.8 Å². The van der Waals surface area contributed by atoms with Gasteiger partial charge in [-0.1, -0.05) is 17.7 Å². The summed E-state index contributed by atoms with van der Waals surface area (Å²) in [6.07, 6.45) is 0.645. The first-order valence-electron chi connectivity index (χ1n) is 9.15. The number of nitrogens with one attached hydrogen (secondary N) is 1. The summed E-state index contributed by atoms with van der Waals surface area (Å²) >= 11 is 5.88. The van der Waals surface area contributed by atoms with Gasteiger partial charge >= 0.3 is 5.97 Å². The van der Waals surface area contributed by atoms with Crippen LogP contribution in [-0.2, 0) is 19.6 Å². The summed E-state index contributed by atoms with van der Waals surface area (Å²) in [7, 11) is -3.55. The van der Waals surface area contributed by atoms with E-state index in [0.717, 1.165) is 12.8 Å². The molecule has 0 aliphatic carbocycles. The molecule has 1 aliphatic rings. The molecule has 0 spiro atoms. The molecule has 0 aromatic heterocycles. The maximum absolute atomic E-state index is 12.5. The van der Waals surface area contributed by atoms with Crippen LogP contribution in [0.25, 0.3) is 0 Å². The lowest BCUT2D eigenvalue weighted by atomic mass is 10.2. The van der Waals surface area contributed by atoms with E-state index in [0.29, 0.717) is 23.8 Å². The number of rotatable bonds is 6. The number of amides is 1. The molecule has 29 heavy (non-hydrogen) atoms. The average Bonchev–Trinajstić information content (AvgIpc) is 3.23. The molecule has 7 nitrogen and oxygen atoms in total. The van der Waals surface area contributed by atoms with Crippen LogP contribution in [-0.4, -0.2) is 43.8 Å². The van der Waals surface area contributed by atoms with Crippen molar-refractivity contribution in [2.45, 2.75) is 30.8 Å². The minimum Gasteiger partial charge on any atom is -0.449 e. The Hall–Kier alpha value is -2.42. The first kappa shape index (κ1) is 21.3. The molecule has 154 valence electrons. The Bertz CT molecular complexity index is 1000. The van der Waals surface area contributed by atoms with Gasteiger partial charge in [0.2, 0.25) is 10.0 Å². The quantitative estimate of drug-likeness (QED) is 0.701. The fourth-order valence-electron chi connectivity index (χ4n) is 2.93. The number of hydrogen-bond donors (Lipinski definition) is 1. The summed E-state index contributed by atoms with van der Waals surface area (Å²) < 4.78 is 31.7.